The zero-order valence-corrected chi connectivity index (χ0v) is 12.6. The maximum Gasteiger partial charge on any atom is 0.277 e. The molecule has 1 fully saturated rings. The molecule has 0 unspecified atom stereocenters. The van der Waals surface area contributed by atoms with Crippen molar-refractivity contribution in [3.63, 3.8) is 0 Å². The lowest BCUT2D eigenvalue weighted by molar-refractivity contribution is 0.102. The largest absolute Gasteiger partial charge is 0.319 e. The van der Waals surface area contributed by atoms with Gasteiger partial charge in [-0.3, -0.25) is 4.79 Å². The average molecular weight is 357 g/mol. The van der Waals surface area contributed by atoms with Crippen molar-refractivity contribution in [3.05, 3.63) is 39.6 Å². The molecule has 1 aromatic carbocycles. The molecule has 1 amide bonds. The van der Waals surface area contributed by atoms with Gasteiger partial charge in [-0.1, -0.05) is 32.7 Å². The van der Waals surface area contributed by atoms with Crippen molar-refractivity contribution < 1.29 is 4.79 Å². The van der Waals surface area contributed by atoms with Crippen LogP contribution in [-0.4, -0.2) is 34.0 Å². The molecule has 0 bridgehead atoms. The lowest BCUT2D eigenvalue weighted by atomic mass is 10.2. The summed E-state index contributed by atoms with van der Waals surface area (Å²) in [6, 6.07) is 5.52. The van der Waals surface area contributed by atoms with Gasteiger partial charge in [-0.05, 0) is 18.2 Å². The number of amides is 1. The monoisotopic (exact) mass is 355 g/mol. The highest BCUT2D eigenvalue weighted by Gasteiger charge is 2.21. The minimum Gasteiger partial charge on any atom is -0.319 e. The molecular weight excluding hydrogens is 346 g/mol. The molecule has 0 aliphatic carbocycles. The highest BCUT2D eigenvalue weighted by molar-refractivity contribution is 9.10. The van der Waals surface area contributed by atoms with E-state index in [0.29, 0.717) is 10.7 Å². The van der Waals surface area contributed by atoms with Crippen molar-refractivity contribution in [2.24, 2.45) is 0 Å². The molecule has 0 saturated carbocycles. The molecule has 1 aromatic heterocycles. The fourth-order valence-corrected chi connectivity index (χ4v) is 2.33. The Morgan fingerprint density at radius 2 is 2.30 bits per heavy atom. The number of carbonyl (C=O) groups is 1. The van der Waals surface area contributed by atoms with Crippen molar-refractivity contribution in [1.29, 1.82) is 0 Å². The van der Waals surface area contributed by atoms with Gasteiger partial charge in [0.15, 0.2) is 5.69 Å². The van der Waals surface area contributed by atoms with Crippen LogP contribution in [0.25, 0.3) is 0 Å². The number of halogens is 2. The molecule has 0 atom stereocenters. The number of nitrogens with one attached hydrogen (secondary N) is 2. The molecule has 1 aliphatic heterocycles. The highest BCUT2D eigenvalue weighted by Crippen LogP contribution is 2.26. The van der Waals surface area contributed by atoms with E-state index in [2.05, 4.69) is 36.9 Å². The van der Waals surface area contributed by atoms with Crippen LogP contribution in [0.2, 0.25) is 5.02 Å². The Morgan fingerprint density at radius 1 is 1.50 bits per heavy atom. The minimum atomic E-state index is -0.330. The summed E-state index contributed by atoms with van der Waals surface area (Å²) in [5, 5.41) is 14.2. The van der Waals surface area contributed by atoms with E-state index in [4.69, 9.17) is 11.6 Å². The van der Waals surface area contributed by atoms with Crippen LogP contribution in [0, 0.1) is 0 Å². The molecule has 1 saturated heterocycles. The van der Waals surface area contributed by atoms with Crippen molar-refractivity contribution in [2.75, 3.05) is 18.4 Å². The van der Waals surface area contributed by atoms with Crippen LogP contribution < -0.4 is 10.6 Å². The van der Waals surface area contributed by atoms with E-state index < -0.39 is 0 Å². The molecule has 104 valence electrons. The smallest absolute Gasteiger partial charge is 0.277 e. The lowest BCUT2D eigenvalue weighted by Crippen LogP contribution is -2.43. The normalized spacial score (nSPS) is 14.9. The number of aromatic nitrogens is 3. The molecule has 2 aromatic rings. The van der Waals surface area contributed by atoms with Gasteiger partial charge in [-0.25, -0.2) is 4.68 Å². The third kappa shape index (κ3) is 2.70. The van der Waals surface area contributed by atoms with Gasteiger partial charge in [-0.2, -0.15) is 0 Å². The standard InChI is InChI=1S/C12H11BrClN5O/c13-7-1-2-9(14)10(3-7)16-12(20)11-6-19(18-17-11)8-4-15-5-8/h1-3,6,8,15H,4-5H2,(H,16,20). The van der Waals surface area contributed by atoms with Crippen LogP contribution in [0.5, 0.6) is 0 Å². The van der Waals surface area contributed by atoms with E-state index in [9.17, 15) is 4.79 Å². The Hall–Kier alpha value is -1.44. The van der Waals surface area contributed by atoms with E-state index in [0.717, 1.165) is 17.6 Å². The molecule has 6 nitrogen and oxygen atoms in total. The number of nitrogens with zero attached hydrogens (tertiary/aromatic N) is 3. The second-order valence-electron chi connectivity index (χ2n) is 4.47. The van der Waals surface area contributed by atoms with E-state index in [1.165, 1.54) is 0 Å². The van der Waals surface area contributed by atoms with Gasteiger partial charge >= 0.3 is 0 Å². The Balaban J connectivity index is 1.75. The van der Waals surface area contributed by atoms with Gasteiger partial charge in [0.2, 0.25) is 0 Å². The SMILES string of the molecule is O=C(Nc1cc(Br)ccc1Cl)c1cn(C2CNC2)nn1. The van der Waals surface area contributed by atoms with E-state index in [1.807, 2.05) is 0 Å². The minimum absolute atomic E-state index is 0.271. The average Bonchev–Trinajstić information content (AvgIpc) is 2.81. The summed E-state index contributed by atoms with van der Waals surface area (Å²) in [7, 11) is 0. The fourth-order valence-electron chi connectivity index (χ4n) is 1.80. The quantitative estimate of drug-likeness (QED) is 0.883. The molecule has 1 aliphatic rings. The van der Waals surface area contributed by atoms with Crippen LogP contribution in [0.4, 0.5) is 5.69 Å². The third-order valence-electron chi connectivity index (χ3n) is 3.05. The second-order valence-corrected chi connectivity index (χ2v) is 5.80. The third-order valence-corrected chi connectivity index (χ3v) is 3.88. The molecule has 8 heteroatoms. The Labute approximate surface area is 128 Å². The fraction of sp³-hybridized carbons (Fsp3) is 0.250. The first-order valence-corrected chi connectivity index (χ1v) is 7.19. The van der Waals surface area contributed by atoms with Crippen LogP contribution in [-0.2, 0) is 0 Å². The Bertz CT molecular complexity index is 655. The van der Waals surface area contributed by atoms with Gasteiger partial charge in [0.05, 0.1) is 22.9 Å². The van der Waals surface area contributed by atoms with Gasteiger partial charge in [0.25, 0.3) is 5.91 Å². The maximum absolute atomic E-state index is 12.1. The van der Waals surface area contributed by atoms with Crippen LogP contribution in [0.1, 0.15) is 16.5 Å². The summed E-state index contributed by atoms with van der Waals surface area (Å²) < 4.78 is 2.54. The lowest BCUT2D eigenvalue weighted by Gasteiger charge is -2.26. The predicted octanol–water partition coefficient (Wildman–Crippen LogP) is 2.09. The molecule has 0 radical (unpaired) electrons. The number of hydrogen-bond donors (Lipinski definition) is 2. The maximum atomic E-state index is 12.1. The molecule has 20 heavy (non-hydrogen) atoms. The molecular formula is C12H11BrClN5O. The molecule has 2 heterocycles. The van der Waals surface area contributed by atoms with Crippen molar-refractivity contribution >= 4 is 39.1 Å². The van der Waals surface area contributed by atoms with Crippen LogP contribution in [0.3, 0.4) is 0 Å². The van der Waals surface area contributed by atoms with Crippen molar-refractivity contribution in [2.45, 2.75) is 6.04 Å². The van der Waals surface area contributed by atoms with Crippen LogP contribution in [0.15, 0.2) is 28.9 Å². The molecule has 2 N–H and O–H groups in total. The van der Waals surface area contributed by atoms with E-state index >= 15 is 0 Å². The summed E-state index contributed by atoms with van der Waals surface area (Å²) in [5.41, 5.74) is 0.804. The van der Waals surface area contributed by atoms with E-state index in [1.54, 1.807) is 29.1 Å². The summed E-state index contributed by atoms with van der Waals surface area (Å²) in [6.45, 7) is 1.70. The predicted molar refractivity (Wildman–Crippen MR) is 79.0 cm³/mol. The summed E-state index contributed by atoms with van der Waals surface area (Å²) in [6.07, 6.45) is 1.65. The molecule has 3 rings (SSSR count). The molecule has 0 spiro atoms. The zero-order chi connectivity index (χ0) is 14.1. The first-order valence-electron chi connectivity index (χ1n) is 6.02. The summed E-state index contributed by atoms with van der Waals surface area (Å²) in [4.78, 5) is 12.1. The highest BCUT2D eigenvalue weighted by atomic mass is 79.9. The second kappa shape index (κ2) is 5.51. The van der Waals surface area contributed by atoms with Crippen LogP contribution >= 0.6 is 27.5 Å². The zero-order valence-electron chi connectivity index (χ0n) is 10.3. The number of benzene rings is 1. The van der Waals surface area contributed by atoms with Gasteiger partial charge in [-0.15, -0.1) is 5.10 Å². The topological polar surface area (TPSA) is 71.8 Å². The summed E-state index contributed by atoms with van der Waals surface area (Å²) >= 11 is 9.36. The van der Waals surface area contributed by atoms with Crippen molar-refractivity contribution in [1.82, 2.24) is 20.3 Å². The number of carbonyl (C=O) groups excluding carboxylic acids is 1. The Kier molecular flexibility index (Phi) is 3.73. The van der Waals surface area contributed by atoms with Gasteiger partial charge < -0.3 is 10.6 Å². The number of hydrogen-bond acceptors (Lipinski definition) is 4. The van der Waals surface area contributed by atoms with E-state index in [-0.39, 0.29) is 17.6 Å². The van der Waals surface area contributed by atoms with Crippen molar-refractivity contribution in [3.8, 4) is 0 Å². The first-order chi connectivity index (χ1) is 9.63. The van der Waals surface area contributed by atoms with Gasteiger partial charge in [0, 0.05) is 17.6 Å². The number of anilines is 1. The van der Waals surface area contributed by atoms with Gasteiger partial charge in [0.1, 0.15) is 0 Å². The first kappa shape index (κ1) is 13.5. The Morgan fingerprint density at radius 3 is 3.00 bits per heavy atom. The summed E-state index contributed by atoms with van der Waals surface area (Å²) in [5.74, 6) is -0.330. The number of rotatable bonds is 3.